The molecule has 0 saturated carbocycles. The smallest absolute Gasteiger partial charge is 0.416 e. The van der Waals surface area contributed by atoms with Gasteiger partial charge in [0, 0.05) is 6.66 Å². The van der Waals surface area contributed by atoms with Gasteiger partial charge in [0.05, 0.1) is 20.9 Å². The summed E-state index contributed by atoms with van der Waals surface area (Å²) in [6.45, 7) is 1.11. The van der Waals surface area contributed by atoms with Crippen molar-refractivity contribution in [1.82, 2.24) is 0 Å². The first-order valence-corrected chi connectivity index (χ1v) is 9.00. The average Bonchev–Trinajstić information content (AvgIpc) is 2.40. The molecule has 0 heterocycles. The number of hydrogen-bond donors (Lipinski definition) is 1. The molecule has 2 aromatic carbocycles. The van der Waals surface area contributed by atoms with Crippen molar-refractivity contribution in [2.45, 2.75) is 6.18 Å². The zero-order valence-electron chi connectivity index (χ0n) is 11.6. The predicted octanol–water partition coefficient (Wildman–Crippen LogP) is 5.33. The summed E-state index contributed by atoms with van der Waals surface area (Å²) in [6.07, 6.45) is -4.51. The first-order chi connectivity index (χ1) is 10.5. The van der Waals surface area contributed by atoms with E-state index in [0.29, 0.717) is 0 Å². The SMILES string of the molecule is CP(=O)(O)c1cc(Oc2ccc(C(F)(F)F)cc2Cl)ccc1Cl. The van der Waals surface area contributed by atoms with Gasteiger partial charge in [0.2, 0.25) is 7.37 Å². The quantitative estimate of drug-likeness (QED) is 0.727. The molecule has 0 saturated heterocycles. The van der Waals surface area contributed by atoms with Crippen molar-refractivity contribution >= 4 is 35.9 Å². The predicted molar refractivity (Wildman–Crippen MR) is 83.4 cm³/mol. The van der Waals surface area contributed by atoms with Crippen molar-refractivity contribution in [3.63, 3.8) is 0 Å². The van der Waals surface area contributed by atoms with Crippen LogP contribution in [0.4, 0.5) is 13.2 Å². The minimum Gasteiger partial charge on any atom is -0.456 e. The second kappa shape index (κ2) is 6.36. The molecule has 2 rings (SSSR count). The molecule has 0 bridgehead atoms. The molecule has 0 radical (unpaired) electrons. The number of hydrogen-bond acceptors (Lipinski definition) is 2. The summed E-state index contributed by atoms with van der Waals surface area (Å²) in [5, 5.41) is -0.163. The van der Waals surface area contributed by atoms with Crippen molar-refractivity contribution in [3.05, 3.63) is 52.0 Å². The Hall–Kier alpha value is -1.20. The molecule has 0 aliphatic heterocycles. The van der Waals surface area contributed by atoms with Gasteiger partial charge < -0.3 is 9.63 Å². The average molecular weight is 385 g/mol. The van der Waals surface area contributed by atoms with E-state index in [1.54, 1.807) is 0 Å². The molecule has 0 amide bonds. The van der Waals surface area contributed by atoms with E-state index in [4.69, 9.17) is 27.9 Å². The lowest BCUT2D eigenvalue weighted by Crippen LogP contribution is -2.06. The van der Waals surface area contributed by atoms with Crippen LogP contribution in [0, 0.1) is 0 Å². The summed E-state index contributed by atoms with van der Waals surface area (Å²) in [5.41, 5.74) is -0.903. The van der Waals surface area contributed by atoms with Crippen LogP contribution in [0.2, 0.25) is 10.0 Å². The van der Waals surface area contributed by atoms with Crippen LogP contribution in [0.5, 0.6) is 11.5 Å². The molecule has 1 atom stereocenters. The highest BCUT2D eigenvalue weighted by Gasteiger charge is 2.31. The Labute approximate surface area is 140 Å². The van der Waals surface area contributed by atoms with Crippen molar-refractivity contribution in [2.75, 3.05) is 6.66 Å². The summed E-state index contributed by atoms with van der Waals surface area (Å²) >= 11 is 11.6. The van der Waals surface area contributed by atoms with Crippen LogP contribution in [0.3, 0.4) is 0 Å². The van der Waals surface area contributed by atoms with Crippen LogP contribution in [-0.2, 0) is 10.7 Å². The molecule has 0 spiro atoms. The zero-order valence-corrected chi connectivity index (χ0v) is 14.0. The molecule has 0 aliphatic carbocycles. The van der Waals surface area contributed by atoms with E-state index >= 15 is 0 Å². The van der Waals surface area contributed by atoms with Crippen LogP contribution >= 0.6 is 30.6 Å². The zero-order chi connectivity index (χ0) is 17.4. The standard InChI is InChI=1S/C14H10Cl2F3O3P/c1-23(20,21)13-7-9(3-4-10(13)15)22-12-5-2-8(6-11(12)16)14(17,18)19/h2-7H,1H3,(H,20,21). The van der Waals surface area contributed by atoms with Crippen molar-refractivity contribution in [1.29, 1.82) is 0 Å². The van der Waals surface area contributed by atoms with Gasteiger partial charge in [-0.05, 0) is 36.4 Å². The van der Waals surface area contributed by atoms with Gasteiger partial charge in [-0.2, -0.15) is 13.2 Å². The molecular formula is C14H10Cl2F3O3P. The first kappa shape index (κ1) is 18.1. The van der Waals surface area contributed by atoms with Gasteiger partial charge >= 0.3 is 6.18 Å². The van der Waals surface area contributed by atoms with Crippen LogP contribution in [0.1, 0.15) is 5.56 Å². The van der Waals surface area contributed by atoms with Crippen molar-refractivity contribution in [3.8, 4) is 11.5 Å². The van der Waals surface area contributed by atoms with Crippen LogP contribution in [0.25, 0.3) is 0 Å². The fourth-order valence-electron chi connectivity index (χ4n) is 1.76. The minimum atomic E-state index is -4.51. The molecule has 1 unspecified atom stereocenters. The van der Waals surface area contributed by atoms with E-state index < -0.39 is 19.1 Å². The van der Waals surface area contributed by atoms with E-state index in [0.717, 1.165) is 24.9 Å². The molecule has 1 N–H and O–H groups in total. The minimum absolute atomic E-state index is 0.0142. The molecule has 0 aliphatic rings. The van der Waals surface area contributed by atoms with Crippen LogP contribution < -0.4 is 10.0 Å². The van der Waals surface area contributed by atoms with Gasteiger partial charge in [0.15, 0.2) is 0 Å². The third kappa shape index (κ3) is 4.42. The Balaban J connectivity index is 2.35. The Bertz CT molecular complexity index is 787. The van der Waals surface area contributed by atoms with Crippen molar-refractivity contribution in [2.24, 2.45) is 0 Å². The summed E-state index contributed by atoms with van der Waals surface area (Å²) in [6, 6.07) is 6.66. The third-order valence-corrected chi connectivity index (χ3v) is 4.87. The summed E-state index contributed by atoms with van der Waals surface area (Å²) in [7, 11) is -3.62. The molecule has 23 heavy (non-hydrogen) atoms. The summed E-state index contributed by atoms with van der Waals surface area (Å²) in [4.78, 5) is 9.61. The molecule has 124 valence electrons. The number of halogens is 5. The lowest BCUT2D eigenvalue weighted by atomic mass is 10.2. The first-order valence-electron chi connectivity index (χ1n) is 6.13. The van der Waals surface area contributed by atoms with E-state index in [2.05, 4.69) is 0 Å². The second-order valence-electron chi connectivity index (χ2n) is 4.74. The molecular weight excluding hydrogens is 375 g/mol. The molecule has 3 nitrogen and oxygen atoms in total. The number of rotatable bonds is 3. The number of benzene rings is 2. The fraction of sp³-hybridized carbons (Fsp3) is 0.143. The Morgan fingerprint density at radius 3 is 2.26 bits per heavy atom. The maximum Gasteiger partial charge on any atom is 0.416 e. The topological polar surface area (TPSA) is 46.5 Å². The van der Waals surface area contributed by atoms with Gasteiger partial charge in [0.25, 0.3) is 0 Å². The maximum absolute atomic E-state index is 12.6. The lowest BCUT2D eigenvalue weighted by Gasteiger charge is -2.13. The molecule has 0 fully saturated rings. The Morgan fingerprint density at radius 1 is 1.09 bits per heavy atom. The molecule has 2 aromatic rings. The van der Waals surface area contributed by atoms with Gasteiger partial charge in [0.1, 0.15) is 11.5 Å². The summed E-state index contributed by atoms with van der Waals surface area (Å²) in [5.74, 6) is 0.110. The third-order valence-electron chi connectivity index (χ3n) is 2.85. The maximum atomic E-state index is 12.6. The summed E-state index contributed by atoms with van der Waals surface area (Å²) < 4.78 is 54.9. The van der Waals surface area contributed by atoms with Crippen molar-refractivity contribution < 1.29 is 27.4 Å². The highest BCUT2D eigenvalue weighted by Crippen LogP contribution is 2.40. The Morgan fingerprint density at radius 2 is 1.74 bits per heavy atom. The van der Waals surface area contributed by atoms with Gasteiger partial charge in [-0.25, -0.2) is 0 Å². The van der Waals surface area contributed by atoms with Gasteiger partial charge in [-0.3, -0.25) is 4.57 Å². The van der Waals surface area contributed by atoms with Crippen LogP contribution in [0.15, 0.2) is 36.4 Å². The van der Waals surface area contributed by atoms with E-state index in [1.807, 2.05) is 0 Å². The fourth-order valence-corrected chi connectivity index (χ4v) is 3.41. The molecule has 9 heteroatoms. The number of ether oxygens (including phenoxy) is 1. The van der Waals surface area contributed by atoms with Crippen LogP contribution in [-0.4, -0.2) is 11.6 Å². The normalized spacial score (nSPS) is 14.4. The molecule has 0 aromatic heterocycles. The lowest BCUT2D eigenvalue weighted by molar-refractivity contribution is -0.137. The van der Waals surface area contributed by atoms with Gasteiger partial charge in [-0.1, -0.05) is 23.2 Å². The highest BCUT2D eigenvalue weighted by atomic mass is 35.5. The van der Waals surface area contributed by atoms with Gasteiger partial charge in [-0.15, -0.1) is 0 Å². The van der Waals surface area contributed by atoms with E-state index in [1.165, 1.54) is 18.2 Å². The highest BCUT2D eigenvalue weighted by molar-refractivity contribution is 7.65. The largest absolute Gasteiger partial charge is 0.456 e. The Kier molecular flexibility index (Phi) is 5.02. The second-order valence-corrected chi connectivity index (χ2v) is 7.79. The van der Waals surface area contributed by atoms with E-state index in [-0.39, 0.29) is 26.8 Å². The number of alkyl halides is 3. The monoisotopic (exact) mass is 384 g/mol. The van der Waals surface area contributed by atoms with E-state index in [9.17, 15) is 22.6 Å².